The standard InChI is InChI=1S/C10H12F2.C3H6/c1-3-8-4-6-9(7-5-8)10(2,11)12;1-3-2/h4-7H,3H2,1-2H3;3H,1H2,2H3. The molecule has 0 nitrogen and oxygen atoms in total. The number of alkyl halides is 2. The average Bonchev–Trinajstić information content (AvgIpc) is 2.18. The molecule has 1 aromatic rings. The van der Waals surface area contributed by atoms with Crippen molar-refractivity contribution in [1.82, 2.24) is 0 Å². The van der Waals surface area contributed by atoms with Crippen LogP contribution in [0.3, 0.4) is 0 Å². The van der Waals surface area contributed by atoms with Crippen molar-refractivity contribution in [2.24, 2.45) is 0 Å². The zero-order valence-corrected chi connectivity index (χ0v) is 9.56. The zero-order valence-electron chi connectivity index (χ0n) is 9.56. The summed E-state index contributed by atoms with van der Waals surface area (Å²) in [4.78, 5) is 0. The summed E-state index contributed by atoms with van der Waals surface area (Å²) in [6, 6.07) is 6.46. The number of rotatable bonds is 2. The van der Waals surface area contributed by atoms with Crippen LogP contribution in [0.1, 0.15) is 31.9 Å². The van der Waals surface area contributed by atoms with Crippen molar-refractivity contribution in [3.05, 3.63) is 48.0 Å². The van der Waals surface area contributed by atoms with Crippen molar-refractivity contribution in [2.45, 2.75) is 33.1 Å². The Morgan fingerprint density at radius 2 is 1.67 bits per heavy atom. The van der Waals surface area contributed by atoms with Gasteiger partial charge in [-0.1, -0.05) is 37.3 Å². The van der Waals surface area contributed by atoms with Crippen LogP contribution in [-0.2, 0) is 12.3 Å². The number of halogens is 2. The second kappa shape index (κ2) is 6.33. The summed E-state index contributed by atoms with van der Waals surface area (Å²) >= 11 is 0. The lowest BCUT2D eigenvalue weighted by molar-refractivity contribution is 0.0174. The van der Waals surface area contributed by atoms with E-state index in [1.807, 2.05) is 13.8 Å². The van der Waals surface area contributed by atoms with Crippen LogP contribution >= 0.6 is 0 Å². The predicted octanol–water partition coefficient (Wildman–Crippen LogP) is 4.55. The molecule has 1 aromatic carbocycles. The van der Waals surface area contributed by atoms with E-state index in [0.29, 0.717) is 0 Å². The Bertz CT molecular complexity index is 280. The molecule has 0 fully saturated rings. The molecule has 0 aliphatic carbocycles. The van der Waals surface area contributed by atoms with Gasteiger partial charge in [0, 0.05) is 12.5 Å². The fraction of sp³-hybridized carbons (Fsp3) is 0.385. The third kappa shape index (κ3) is 5.31. The Morgan fingerprint density at radius 1 is 1.27 bits per heavy atom. The first-order valence-corrected chi connectivity index (χ1v) is 5.00. The Balaban J connectivity index is 0.000000583. The lowest BCUT2D eigenvalue weighted by atomic mass is 10.1. The minimum atomic E-state index is -2.72. The molecule has 0 N–H and O–H groups in total. The summed E-state index contributed by atoms with van der Waals surface area (Å²) in [6.45, 7) is 8.16. The Morgan fingerprint density at radius 3 is 1.93 bits per heavy atom. The van der Waals surface area contributed by atoms with Gasteiger partial charge in [0.2, 0.25) is 0 Å². The highest BCUT2D eigenvalue weighted by Gasteiger charge is 2.23. The number of benzene rings is 1. The first-order valence-electron chi connectivity index (χ1n) is 5.00. The molecule has 0 atom stereocenters. The molecule has 0 amide bonds. The zero-order chi connectivity index (χ0) is 11.9. The van der Waals surface area contributed by atoms with Crippen molar-refractivity contribution >= 4 is 0 Å². The van der Waals surface area contributed by atoms with E-state index >= 15 is 0 Å². The van der Waals surface area contributed by atoms with Gasteiger partial charge in [-0.3, -0.25) is 0 Å². The number of hydrogen-bond acceptors (Lipinski definition) is 0. The monoisotopic (exact) mass is 212 g/mol. The van der Waals surface area contributed by atoms with E-state index in [1.165, 1.54) is 12.1 Å². The highest BCUT2D eigenvalue weighted by Crippen LogP contribution is 2.26. The highest BCUT2D eigenvalue weighted by atomic mass is 19.3. The van der Waals surface area contributed by atoms with Crippen molar-refractivity contribution < 1.29 is 8.78 Å². The Kier molecular flexibility index (Phi) is 5.83. The molecule has 0 radical (unpaired) electrons. The van der Waals surface area contributed by atoms with Crippen LogP contribution in [0.2, 0.25) is 0 Å². The predicted molar refractivity (Wildman–Crippen MR) is 61.3 cm³/mol. The van der Waals surface area contributed by atoms with Gasteiger partial charge in [-0.15, -0.1) is 6.58 Å². The third-order valence-corrected chi connectivity index (χ3v) is 1.87. The molecule has 0 aliphatic rings. The van der Waals surface area contributed by atoms with Gasteiger partial charge in [0.25, 0.3) is 5.92 Å². The van der Waals surface area contributed by atoms with Crippen LogP contribution in [0.15, 0.2) is 36.9 Å². The maximum absolute atomic E-state index is 12.7. The summed E-state index contributed by atoms with van der Waals surface area (Å²) in [6.07, 6.45) is 2.63. The van der Waals surface area contributed by atoms with E-state index in [-0.39, 0.29) is 5.56 Å². The van der Waals surface area contributed by atoms with E-state index in [1.54, 1.807) is 18.2 Å². The molecule has 2 heteroatoms. The minimum absolute atomic E-state index is 0.0831. The van der Waals surface area contributed by atoms with Gasteiger partial charge in [0.1, 0.15) is 0 Å². The molecule has 0 spiro atoms. The van der Waals surface area contributed by atoms with Gasteiger partial charge in [-0.05, 0) is 18.9 Å². The number of allylic oxidation sites excluding steroid dienone is 1. The smallest absolute Gasteiger partial charge is 0.202 e. The summed E-state index contributed by atoms with van der Waals surface area (Å²) < 4.78 is 25.4. The lowest BCUT2D eigenvalue weighted by Gasteiger charge is -2.10. The van der Waals surface area contributed by atoms with Gasteiger partial charge in [-0.25, -0.2) is 8.78 Å². The Labute approximate surface area is 90.6 Å². The lowest BCUT2D eigenvalue weighted by Crippen LogP contribution is -2.06. The summed E-state index contributed by atoms with van der Waals surface area (Å²) in [7, 11) is 0. The fourth-order valence-corrected chi connectivity index (χ4v) is 1.03. The normalized spacial score (nSPS) is 10.2. The Hall–Kier alpha value is -1.18. The van der Waals surface area contributed by atoms with E-state index in [4.69, 9.17) is 0 Å². The van der Waals surface area contributed by atoms with Crippen molar-refractivity contribution in [3.63, 3.8) is 0 Å². The van der Waals surface area contributed by atoms with Gasteiger partial charge in [0.15, 0.2) is 0 Å². The van der Waals surface area contributed by atoms with Crippen LogP contribution in [0, 0.1) is 0 Å². The van der Waals surface area contributed by atoms with E-state index in [2.05, 4.69) is 6.58 Å². The van der Waals surface area contributed by atoms with Crippen LogP contribution in [0.4, 0.5) is 8.78 Å². The molecule has 15 heavy (non-hydrogen) atoms. The molecule has 1 rings (SSSR count). The van der Waals surface area contributed by atoms with Crippen LogP contribution in [0.5, 0.6) is 0 Å². The SMILES string of the molecule is C=CC.CCc1ccc(C(C)(F)F)cc1. The fourth-order valence-electron chi connectivity index (χ4n) is 1.03. The third-order valence-electron chi connectivity index (χ3n) is 1.87. The summed E-state index contributed by atoms with van der Waals surface area (Å²) in [5.41, 5.74) is 1.17. The molecule has 0 aliphatic heterocycles. The molecule has 0 heterocycles. The minimum Gasteiger partial charge on any atom is -0.202 e. The van der Waals surface area contributed by atoms with Crippen LogP contribution in [0.25, 0.3) is 0 Å². The first-order chi connectivity index (χ1) is 6.95. The second-order valence-electron chi connectivity index (χ2n) is 3.35. The number of hydrogen-bond donors (Lipinski definition) is 0. The van der Waals surface area contributed by atoms with E-state index in [9.17, 15) is 8.78 Å². The van der Waals surface area contributed by atoms with Crippen molar-refractivity contribution in [2.75, 3.05) is 0 Å². The van der Waals surface area contributed by atoms with Gasteiger partial charge in [-0.2, -0.15) is 0 Å². The summed E-state index contributed by atoms with van der Waals surface area (Å²) in [5.74, 6) is -2.72. The molecule has 0 saturated heterocycles. The van der Waals surface area contributed by atoms with Crippen LogP contribution < -0.4 is 0 Å². The molecular weight excluding hydrogens is 194 g/mol. The second-order valence-corrected chi connectivity index (χ2v) is 3.35. The highest BCUT2D eigenvalue weighted by molar-refractivity contribution is 5.25. The largest absolute Gasteiger partial charge is 0.270 e. The van der Waals surface area contributed by atoms with Gasteiger partial charge in [0.05, 0.1) is 0 Å². The van der Waals surface area contributed by atoms with Gasteiger partial charge >= 0.3 is 0 Å². The van der Waals surface area contributed by atoms with Crippen molar-refractivity contribution in [1.29, 1.82) is 0 Å². The average molecular weight is 212 g/mol. The molecular formula is C13H18F2. The number of aryl methyl sites for hydroxylation is 1. The molecule has 0 unspecified atom stereocenters. The van der Waals surface area contributed by atoms with E-state index in [0.717, 1.165) is 18.9 Å². The maximum Gasteiger partial charge on any atom is 0.270 e. The molecule has 84 valence electrons. The van der Waals surface area contributed by atoms with Gasteiger partial charge < -0.3 is 0 Å². The molecule has 0 aromatic heterocycles. The summed E-state index contributed by atoms with van der Waals surface area (Å²) in [5, 5.41) is 0. The van der Waals surface area contributed by atoms with Crippen LogP contribution in [-0.4, -0.2) is 0 Å². The quantitative estimate of drug-likeness (QED) is 0.631. The van der Waals surface area contributed by atoms with E-state index < -0.39 is 5.92 Å². The topological polar surface area (TPSA) is 0 Å². The molecule has 0 bridgehead atoms. The molecule has 0 saturated carbocycles. The maximum atomic E-state index is 12.7. The van der Waals surface area contributed by atoms with Crippen molar-refractivity contribution in [3.8, 4) is 0 Å². The first kappa shape index (κ1) is 13.8.